The number of pyridine rings is 1. The van der Waals surface area contributed by atoms with E-state index in [9.17, 15) is 0 Å². The molecule has 0 aliphatic carbocycles. The van der Waals surface area contributed by atoms with Gasteiger partial charge in [0.05, 0.1) is 0 Å². The van der Waals surface area contributed by atoms with Crippen molar-refractivity contribution in [1.82, 2.24) is 14.8 Å². The molecule has 3 unspecified atom stereocenters. The monoisotopic (exact) mass is 262 g/mol. The highest BCUT2D eigenvalue weighted by molar-refractivity contribution is 5.17. The van der Waals surface area contributed by atoms with Gasteiger partial charge in [-0.1, -0.05) is 0 Å². The number of hydrogen-bond donors (Lipinski definition) is 1. The van der Waals surface area contributed by atoms with Crippen molar-refractivity contribution in [2.45, 2.75) is 25.4 Å². The Kier molecular flexibility index (Phi) is 4.91. The fourth-order valence-corrected chi connectivity index (χ4v) is 3.22. The van der Waals surface area contributed by atoms with Gasteiger partial charge in [0.15, 0.2) is 0 Å². The SMILES string of the molecule is CC(N)C(c1ccncc1)N(C)CC1CCN(C)C1. The molecule has 0 spiro atoms. The minimum atomic E-state index is 0.117. The van der Waals surface area contributed by atoms with Gasteiger partial charge in [-0.3, -0.25) is 9.88 Å². The van der Waals surface area contributed by atoms with E-state index in [4.69, 9.17) is 5.73 Å². The summed E-state index contributed by atoms with van der Waals surface area (Å²) in [6.07, 6.45) is 4.99. The Morgan fingerprint density at radius 1 is 1.47 bits per heavy atom. The van der Waals surface area contributed by atoms with Gasteiger partial charge in [0.1, 0.15) is 0 Å². The van der Waals surface area contributed by atoms with Gasteiger partial charge in [0.2, 0.25) is 0 Å². The first-order valence-electron chi connectivity index (χ1n) is 7.12. The number of likely N-dealkylation sites (tertiary alicyclic amines) is 1. The van der Waals surface area contributed by atoms with Gasteiger partial charge in [-0.25, -0.2) is 0 Å². The molecule has 0 saturated carbocycles. The molecule has 106 valence electrons. The van der Waals surface area contributed by atoms with Crippen LogP contribution in [0.3, 0.4) is 0 Å². The van der Waals surface area contributed by atoms with Crippen LogP contribution in [0.4, 0.5) is 0 Å². The molecule has 1 aromatic rings. The summed E-state index contributed by atoms with van der Waals surface area (Å²) in [5.74, 6) is 0.762. The lowest BCUT2D eigenvalue weighted by molar-refractivity contribution is 0.187. The minimum absolute atomic E-state index is 0.117. The first-order chi connectivity index (χ1) is 9.08. The van der Waals surface area contributed by atoms with Crippen LogP contribution in [-0.4, -0.2) is 54.6 Å². The van der Waals surface area contributed by atoms with E-state index in [-0.39, 0.29) is 12.1 Å². The van der Waals surface area contributed by atoms with Crippen molar-refractivity contribution in [3.8, 4) is 0 Å². The predicted octanol–water partition coefficient (Wildman–Crippen LogP) is 1.35. The van der Waals surface area contributed by atoms with E-state index in [1.165, 1.54) is 25.1 Å². The van der Waals surface area contributed by atoms with E-state index in [1.54, 1.807) is 0 Å². The van der Waals surface area contributed by atoms with Crippen LogP contribution < -0.4 is 5.73 Å². The van der Waals surface area contributed by atoms with Crippen LogP contribution in [0.5, 0.6) is 0 Å². The van der Waals surface area contributed by atoms with Crippen molar-refractivity contribution >= 4 is 0 Å². The third-order valence-electron chi connectivity index (χ3n) is 4.06. The molecule has 0 bridgehead atoms. The lowest BCUT2D eigenvalue weighted by Crippen LogP contribution is -2.40. The number of aromatic nitrogens is 1. The number of hydrogen-bond acceptors (Lipinski definition) is 4. The van der Waals surface area contributed by atoms with Crippen molar-refractivity contribution in [3.05, 3.63) is 30.1 Å². The van der Waals surface area contributed by atoms with Crippen molar-refractivity contribution < 1.29 is 0 Å². The van der Waals surface area contributed by atoms with Gasteiger partial charge in [0, 0.05) is 37.6 Å². The third-order valence-corrected chi connectivity index (χ3v) is 4.06. The summed E-state index contributed by atoms with van der Waals surface area (Å²) in [7, 11) is 4.39. The molecule has 1 aliphatic heterocycles. The predicted molar refractivity (Wildman–Crippen MR) is 78.9 cm³/mol. The maximum atomic E-state index is 6.20. The highest BCUT2D eigenvalue weighted by Crippen LogP contribution is 2.24. The molecule has 1 aromatic heterocycles. The summed E-state index contributed by atoms with van der Waals surface area (Å²) in [4.78, 5) is 8.91. The zero-order valence-electron chi connectivity index (χ0n) is 12.3. The molecule has 4 heteroatoms. The molecule has 0 aromatic carbocycles. The second-order valence-electron chi connectivity index (χ2n) is 5.94. The minimum Gasteiger partial charge on any atom is -0.326 e. The van der Waals surface area contributed by atoms with Crippen LogP contribution in [0.1, 0.15) is 24.9 Å². The maximum absolute atomic E-state index is 6.20. The topological polar surface area (TPSA) is 45.4 Å². The van der Waals surface area contributed by atoms with Crippen molar-refractivity contribution in [2.24, 2.45) is 11.7 Å². The number of likely N-dealkylation sites (N-methyl/N-ethyl adjacent to an activating group) is 1. The summed E-state index contributed by atoms with van der Waals surface area (Å²) in [5.41, 5.74) is 7.46. The lowest BCUT2D eigenvalue weighted by atomic mass is 9.99. The zero-order chi connectivity index (χ0) is 13.8. The summed E-state index contributed by atoms with van der Waals surface area (Å²) in [6, 6.07) is 4.54. The van der Waals surface area contributed by atoms with Gasteiger partial charge >= 0.3 is 0 Å². The van der Waals surface area contributed by atoms with E-state index in [2.05, 4.69) is 47.9 Å². The Labute approximate surface area is 116 Å². The molecular formula is C15H26N4. The van der Waals surface area contributed by atoms with Crippen molar-refractivity contribution in [2.75, 3.05) is 33.7 Å². The zero-order valence-corrected chi connectivity index (χ0v) is 12.3. The van der Waals surface area contributed by atoms with Crippen LogP contribution >= 0.6 is 0 Å². The molecule has 0 amide bonds. The number of nitrogens with two attached hydrogens (primary N) is 1. The fourth-order valence-electron chi connectivity index (χ4n) is 3.22. The number of rotatable bonds is 5. The molecular weight excluding hydrogens is 236 g/mol. The lowest BCUT2D eigenvalue weighted by Gasteiger charge is -2.33. The molecule has 3 atom stereocenters. The second-order valence-corrected chi connectivity index (χ2v) is 5.94. The molecule has 4 nitrogen and oxygen atoms in total. The summed E-state index contributed by atoms with van der Waals surface area (Å²) in [6.45, 7) is 5.62. The standard InChI is InChI=1S/C15H26N4/c1-12(16)15(14-4-7-17-8-5-14)19(3)11-13-6-9-18(2)10-13/h4-5,7-8,12-13,15H,6,9-11,16H2,1-3H3. The Morgan fingerprint density at radius 2 is 2.16 bits per heavy atom. The molecule has 2 heterocycles. The summed E-state index contributed by atoms with van der Waals surface area (Å²) >= 11 is 0. The van der Waals surface area contributed by atoms with E-state index in [0.29, 0.717) is 0 Å². The normalized spacial score (nSPS) is 23.7. The Bertz CT molecular complexity index is 379. The molecule has 19 heavy (non-hydrogen) atoms. The van der Waals surface area contributed by atoms with E-state index >= 15 is 0 Å². The first kappa shape index (κ1) is 14.4. The summed E-state index contributed by atoms with van der Waals surface area (Å²) in [5, 5.41) is 0. The molecule has 2 rings (SSSR count). The van der Waals surface area contributed by atoms with Crippen LogP contribution in [0, 0.1) is 5.92 Å². The summed E-state index contributed by atoms with van der Waals surface area (Å²) < 4.78 is 0. The third kappa shape index (κ3) is 3.75. The molecule has 1 saturated heterocycles. The quantitative estimate of drug-likeness (QED) is 0.870. The van der Waals surface area contributed by atoms with Crippen LogP contribution in [0.25, 0.3) is 0 Å². The van der Waals surface area contributed by atoms with Crippen LogP contribution in [-0.2, 0) is 0 Å². The van der Waals surface area contributed by atoms with E-state index < -0.39 is 0 Å². The maximum Gasteiger partial charge on any atom is 0.0494 e. The highest BCUT2D eigenvalue weighted by atomic mass is 15.2. The fraction of sp³-hybridized carbons (Fsp3) is 0.667. The van der Waals surface area contributed by atoms with Gasteiger partial charge in [-0.05, 0) is 57.6 Å². The van der Waals surface area contributed by atoms with Crippen LogP contribution in [0.2, 0.25) is 0 Å². The second kappa shape index (κ2) is 6.46. The number of nitrogens with zero attached hydrogens (tertiary/aromatic N) is 3. The molecule has 0 radical (unpaired) electrons. The van der Waals surface area contributed by atoms with E-state index in [1.807, 2.05) is 12.4 Å². The molecule has 1 aliphatic rings. The van der Waals surface area contributed by atoms with Gasteiger partial charge in [-0.15, -0.1) is 0 Å². The smallest absolute Gasteiger partial charge is 0.0494 e. The van der Waals surface area contributed by atoms with Gasteiger partial charge in [0.25, 0.3) is 0 Å². The van der Waals surface area contributed by atoms with E-state index in [0.717, 1.165) is 12.5 Å². The van der Waals surface area contributed by atoms with Gasteiger partial charge < -0.3 is 10.6 Å². The van der Waals surface area contributed by atoms with Crippen molar-refractivity contribution in [1.29, 1.82) is 0 Å². The first-order valence-corrected chi connectivity index (χ1v) is 7.12. The van der Waals surface area contributed by atoms with Crippen LogP contribution in [0.15, 0.2) is 24.5 Å². The average molecular weight is 262 g/mol. The Balaban J connectivity index is 2.03. The Hall–Kier alpha value is -0.970. The average Bonchev–Trinajstić information content (AvgIpc) is 2.75. The molecule has 2 N–H and O–H groups in total. The Morgan fingerprint density at radius 3 is 2.68 bits per heavy atom. The van der Waals surface area contributed by atoms with Crippen molar-refractivity contribution in [3.63, 3.8) is 0 Å². The molecule has 1 fully saturated rings. The largest absolute Gasteiger partial charge is 0.326 e. The highest BCUT2D eigenvalue weighted by Gasteiger charge is 2.26. The van der Waals surface area contributed by atoms with Gasteiger partial charge in [-0.2, -0.15) is 0 Å².